The second-order valence-corrected chi connectivity index (χ2v) is 5.11. The number of rotatable bonds is 3. The monoisotopic (exact) mass is 313 g/mol. The Balaban J connectivity index is 2.07. The van der Waals surface area contributed by atoms with Crippen LogP contribution < -0.4 is 10.6 Å². The molecule has 2 N–H and O–H groups in total. The summed E-state index contributed by atoms with van der Waals surface area (Å²) in [4.78, 5) is 16.4. The molecular weight excluding hydrogens is 298 g/mol. The maximum atomic E-state index is 12.2. The van der Waals surface area contributed by atoms with Crippen molar-refractivity contribution in [3.05, 3.63) is 22.4 Å². The topological polar surface area (TPSA) is 63.2 Å². The molecular formula is C12H16BrN3O2. The van der Waals surface area contributed by atoms with Crippen molar-refractivity contribution in [1.82, 2.24) is 10.3 Å². The zero-order valence-corrected chi connectivity index (χ0v) is 12.0. The lowest BCUT2D eigenvalue weighted by atomic mass is 10.0. The number of carbonyl (C=O) groups is 1. The lowest BCUT2D eigenvalue weighted by Crippen LogP contribution is -2.39. The number of amides is 1. The highest BCUT2D eigenvalue weighted by Crippen LogP contribution is 2.19. The Kier molecular flexibility index (Phi) is 4.31. The molecule has 98 valence electrons. The first-order chi connectivity index (χ1) is 8.61. The number of hydrogen-bond acceptors (Lipinski definition) is 4. The van der Waals surface area contributed by atoms with Gasteiger partial charge in [0.25, 0.3) is 0 Å². The van der Waals surface area contributed by atoms with Crippen molar-refractivity contribution >= 4 is 27.5 Å². The first kappa shape index (κ1) is 13.5. The van der Waals surface area contributed by atoms with Crippen LogP contribution in [0.1, 0.15) is 5.69 Å². The number of halogens is 1. The van der Waals surface area contributed by atoms with E-state index in [-0.39, 0.29) is 17.9 Å². The van der Waals surface area contributed by atoms with Crippen molar-refractivity contribution in [2.75, 3.05) is 25.6 Å². The van der Waals surface area contributed by atoms with E-state index in [1.807, 2.05) is 26.1 Å². The van der Waals surface area contributed by atoms with Crippen LogP contribution in [-0.4, -0.2) is 37.2 Å². The van der Waals surface area contributed by atoms with Gasteiger partial charge in [0, 0.05) is 6.04 Å². The minimum Gasteiger partial charge on any atom is -0.379 e. The van der Waals surface area contributed by atoms with E-state index < -0.39 is 0 Å². The molecule has 0 spiro atoms. The lowest BCUT2D eigenvalue weighted by molar-refractivity contribution is -0.120. The zero-order valence-electron chi connectivity index (χ0n) is 10.4. The van der Waals surface area contributed by atoms with Gasteiger partial charge < -0.3 is 15.4 Å². The molecule has 1 fully saturated rings. The Morgan fingerprint density at radius 1 is 1.50 bits per heavy atom. The molecule has 1 amide bonds. The van der Waals surface area contributed by atoms with Gasteiger partial charge in [-0.2, -0.15) is 0 Å². The molecule has 1 aliphatic rings. The van der Waals surface area contributed by atoms with Gasteiger partial charge in [-0.15, -0.1) is 0 Å². The van der Waals surface area contributed by atoms with Crippen LogP contribution >= 0.6 is 15.9 Å². The Morgan fingerprint density at radius 3 is 2.94 bits per heavy atom. The van der Waals surface area contributed by atoms with E-state index in [2.05, 4.69) is 31.5 Å². The normalized spacial score (nSPS) is 23.1. The highest BCUT2D eigenvalue weighted by atomic mass is 79.9. The number of carbonyl (C=O) groups excluding carboxylic acids is 1. The molecule has 0 radical (unpaired) electrons. The van der Waals surface area contributed by atoms with E-state index in [1.54, 1.807) is 0 Å². The van der Waals surface area contributed by atoms with Crippen molar-refractivity contribution < 1.29 is 9.53 Å². The molecule has 2 unspecified atom stereocenters. The summed E-state index contributed by atoms with van der Waals surface area (Å²) in [6.45, 7) is 2.90. The van der Waals surface area contributed by atoms with Gasteiger partial charge in [0.2, 0.25) is 5.91 Å². The van der Waals surface area contributed by atoms with Crippen molar-refractivity contribution in [2.24, 2.45) is 5.92 Å². The summed E-state index contributed by atoms with van der Waals surface area (Å²) in [5.41, 5.74) is 1.53. The van der Waals surface area contributed by atoms with E-state index in [1.165, 1.54) is 0 Å². The van der Waals surface area contributed by atoms with Crippen LogP contribution in [0.4, 0.5) is 5.69 Å². The van der Waals surface area contributed by atoms with Crippen LogP contribution in [0.5, 0.6) is 0 Å². The maximum Gasteiger partial charge on any atom is 0.231 e. The minimum atomic E-state index is -0.155. The Bertz CT molecular complexity index is 453. The molecule has 1 aromatic heterocycles. The second-order valence-electron chi connectivity index (χ2n) is 4.30. The van der Waals surface area contributed by atoms with Crippen LogP contribution in [0.15, 0.2) is 16.7 Å². The average molecular weight is 314 g/mol. The van der Waals surface area contributed by atoms with E-state index in [9.17, 15) is 4.79 Å². The van der Waals surface area contributed by atoms with Crippen LogP contribution in [0.2, 0.25) is 0 Å². The first-order valence-corrected chi connectivity index (χ1v) is 6.60. The number of nitrogens with zero attached hydrogens (tertiary/aromatic N) is 1. The third-order valence-corrected chi connectivity index (χ3v) is 3.54. The van der Waals surface area contributed by atoms with Crippen molar-refractivity contribution in [3.63, 3.8) is 0 Å². The number of anilines is 1. The molecule has 5 nitrogen and oxygen atoms in total. The number of aryl methyl sites for hydroxylation is 1. The summed E-state index contributed by atoms with van der Waals surface area (Å²) in [6.07, 6.45) is 0. The largest absolute Gasteiger partial charge is 0.379 e. The summed E-state index contributed by atoms with van der Waals surface area (Å²) in [5, 5.41) is 6.00. The van der Waals surface area contributed by atoms with E-state index in [4.69, 9.17) is 4.74 Å². The van der Waals surface area contributed by atoms with Crippen molar-refractivity contribution in [1.29, 1.82) is 0 Å². The maximum absolute atomic E-state index is 12.2. The van der Waals surface area contributed by atoms with E-state index >= 15 is 0 Å². The number of aromatic nitrogens is 1. The highest BCUT2D eigenvalue weighted by molar-refractivity contribution is 9.10. The Morgan fingerprint density at radius 2 is 2.28 bits per heavy atom. The molecule has 2 heterocycles. The predicted molar refractivity (Wildman–Crippen MR) is 72.5 cm³/mol. The minimum absolute atomic E-state index is 0.0286. The number of pyridine rings is 1. The predicted octanol–water partition coefficient (Wildman–Crippen LogP) is 1.33. The van der Waals surface area contributed by atoms with Crippen molar-refractivity contribution in [2.45, 2.75) is 13.0 Å². The Hall–Kier alpha value is -0.980. The van der Waals surface area contributed by atoms with E-state index in [0.29, 0.717) is 13.2 Å². The van der Waals surface area contributed by atoms with Gasteiger partial charge in [-0.25, -0.2) is 4.98 Å². The van der Waals surface area contributed by atoms with Crippen LogP contribution in [0, 0.1) is 12.8 Å². The fraction of sp³-hybridized carbons (Fsp3) is 0.500. The van der Waals surface area contributed by atoms with Gasteiger partial charge in [0.15, 0.2) is 0 Å². The quantitative estimate of drug-likeness (QED) is 0.826. The van der Waals surface area contributed by atoms with Gasteiger partial charge in [-0.05, 0) is 42.0 Å². The SMILES string of the molecule is CNC1COCC1C(=O)Nc1ccc(Br)nc1C. The fourth-order valence-corrected chi connectivity index (χ4v) is 2.38. The second kappa shape index (κ2) is 5.77. The summed E-state index contributed by atoms with van der Waals surface area (Å²) in [6, 6.07) is 3.73. The highest BCUT2D eigenvalue weighted by Gasteiger charge is 2.33. The molecule has 2 rings (SSSR count). The number of likely N-dealkylation sites (N-methyl/N-ethyl adjacent to an activating group) is 1. The summed E-state index contributed by atoms with van der Waals surface area (Å²) < 4.78 is 6.08. The number of nitrogens with one attached hydrogen (secondary N) is 2. The lowest BCUT2D eigenvalue weighted by Gasteiger charge is -2.17. The van der Waals surface area contributed by atoms with Gasteiger partial charge in [0.1, 0.15) is 4.60 Å². The molecule has 1 saturated heterocycles. The summed E-state index contributed by atoms with van der Waals surface area (Å²) in [5.74, 6) is -0.183. The average Bonchev–Trinajstić information content (AvgIpc) is 2.81. The molecule has 0 aromatic carbocycles. The molecule has 18 heavy (non-hydrogen) atoms. The number of hydrogen-bond donors (Lipinski definition) is 2. The molecule has 0 saturated carbocycles. The zero-order chi connectivity index (χ0) is 13.1. The Labute approximate surface area is 114 Å². The van der Waals surface area contributed by atoms with Crippen LogP contribution in [0.25, 0.3) is 0 Å². The number of ether oxygens (including phenoxy) is 1. The first-order valence-electron chi connectivity index (χ1n) is 5.81. The van der Waals surface area contributed by atoms with Crippen molar-refractivity contribution in [3.8, 4) is 0 Å². The standard InChI is InChI=1S/C12H16BrN3O2/c1-7-9(3-4-11(13)15-7)16-12(17)8-5-18-6-10(8)14-2/h3-4,8,10,14H,5-6H2,1-2H3,(H,16,17). The van der Waals surface area contributed by atoms with E-state index in [0.717, 1.165) is 16.0 Å². The molecule has 6 heteroatoms. The van der Waals surface area contributed by atoms with Crippen LogP contribution in [0.3, 0.4) is 0 Å². The molecule has 0 aliphatic carbocycles. The van der Waals surface area contributed by atoms with Crippen LogP contribution in [-0.2, 0) is 9.53 Å². The fourth-order valence-electron chi connectivity index (χ4n) is 1.99. The van der Waals surface area contributed by atoms with Gasteiger partial charge >= 0.3 is 0 Å². The molecule has 0 bridgehead atoms. The van der Waals surface area contributed by atoms with Gasteiger partial charge in [0.05, 0.1) is 30.5 Å². The molecule has 1 aromatic rings. The van der Waals surface area contributed by atoms with Gasteiger partial charge in [-0.1, -0.05) is 0 Å². The smallest absolute Gasteiger partial charge is 0.231 e. The summed E-state index contributed by atoms with van der Waals surface area (Å²) in [7, 11) is 1.84. The molecule has 2 atom stereocenters. The van der Waals surface area contributed by atoms with Gasteiger partial charge in [-0.3, -0.25) is 4.79 Å². The molecule has 1 aliphatic heterocycles. The summed E-state index contributed by atoms with van der Waals surface area (Å²) >= 11 is 3.30. The third kappa shape index (κ3) is 2.88. The third-order valence-electron chi connectivity index (χ3n) is 3.10.